The maximum Gasteiger partial charge on any atom is 0.0547 e. The molecule has 0 aliphatic heterocycles. The van der Waals surface area contributed by atoms with Crippen LogP contribution in [0.2, 0.25) is 0 Å². The van der Waals surface area contributed by atoms with Crippen molar-refractivity contribution in [1.82, 2.24) is 4.57 Å². The van der Waals surface area contributed by atoms with E-state index in [2.05, 4.69) is 252 Å². The third-order valence-electron chi connectivity index (χ3n) is 14.0. The van der Waals surface area contributed by atoms with Crippen LogP contribution in [0.3, 0.4) is 0 Å². The molecule has 0 aliphatic rings. The van der Waals surface area contributed by atoms with Gasteiger partial charge in [-0.15, -0.1) is 0 Å². The van der Waals surface area contributed by atoms with E-state index in [9.17, 15) is 0 Å². The largest absolute Gasteiger partial charge is 0.310 e. The Kier molecular flexibility index (Phi) is 8.02. The number of fused-ring (bicyclic) bond motifs is 5. The van der Waals surface area contributed by atoms with E-state index in [0.29, 0.717) is 0 Å². The minimum absolute atomic E-state index is 1.09. The van der Waals surface area contributed by atoms with Crippen LogP contribution >= 0.6 is 0 Å². The highest BCUT2D eigenvalue weighted by Crippen LogP contribution is 2.47. The van der Waals surface area contributed by atoms with E-state index in [1.54, 1.807) is 0 Å². The number of rotatable bonds is 6. The van der Waals surface area contributed by atoms with E-state index in [1.807, 2.05) is 0 Å². The van der Waals surface area contributed by atoms with Gasteiger partial charge in [-0.3, -0.25) is 0 Å². The molecule has 0 spiro atoms. The Bertz CT molecular complexity index is 4200. The summed E-state index contributed by atoms with van der Waals surface area (Å²) in [5, 5.41) is 17.8. The maximum absolute atomic E-state index is 2.46. The highest BCUT2D eigenvalue weighted by atomic mass is 15.1. The molecule has 0 aliphatic carbocycles. The molecule has 0 amide bonds. The van der Waals surface area contributed by atoms with E-state index >= 15 is 0 Å². The minimum atomic E-state index is 1.09. The maximum atomic E-state index is 2.46. The van der Waals surface area contributed by atoms with Crippen LogP contribution in [0, 0.1) is 0 Å². The van der Waals surface area contributed by atoms with Crippen molar-refractivity contribution in [1.29, 1.82) is 0 Å². The van der Waals surface area contributed by atoms with E-state index in [4.69, 9.17) is 0 Å². The van der Waals surface area contributed by atoms with Gasteiger partial charge >= 0.3 is 0 Å². The molecule has 1 aromatic heterocycles. The molecule has 0 bridgehead atoms. The van der Waals surface area contributed by atoms with Gasteiger partial charge in [0.1, 0.15) is 0 Å². The van der Waals surface area contributed by atoms with Crippen molar-refractivity contribution in [3.63, 3.8) is 0 Å². The average molecular weight is 837 g/mol. The van der Waals surface area contributed by atoms with Crippen molar-refractivity contribution in [3.05, 3.63) is 243 Å². The Morgan fingerprint density at radius 3 is 1.47 bits per heavy atom. The van der Waals surface area contributed by atoms with Gasteiger partial charge < -0.3 is 9.47 Å². The standard InChI is InChI=1S/C64H40N2/c1-3-14-41(15-4-1)42-34-36-49(37-35-42)65(50-22-9-19-46(38-50)52-24-13-29-59-64(52)56-23-7-8-28-58(56)66(59)48-20-5-2-6-21-48)51-39-47-33-32-45-17-11-26-54-53-25-10-16-43-30-31-44-18-12-27-55(62(44)60(43)53)57(40-51)63(47)61(45)54/h1-40H. The van der Waals surface area contributed by atoms with Gasteiger partial charge in [0, 0.05) is 33.5 Å². The summed E-state index contributed by atoms with van der Waals surface area (Å²) in [7, 11) is 0. The number of hydrogen-bond donors (Lipinski definition) is 0. The van der Waals surface area contributed by atoms with Gasteiger partial charge in [-0.25, -0.2) is 0 Å². The van der Waals surface area contributed by atoms with Crippen molar-refractivity contribution in [2.45, 2.75) is 0 Å². The third-order valence-corrected chi connectivity index (χ3v) is 14.0. The second kappa shape index (κ2) is 14.4. The van der Waals surface area contributed by atoms with Crippen LogP contribution in [-0.2, 0) is 0 Å². The molecule has 1 heterocycles. The van der Waals surface area contributed by atoms with E-state index in [-0.39, 0.29) is 0 Å². The number of benzene rings is 12. The number of nitrogens with zero attached hydrogens (tertiary/aromatic N) is 2. The van der Waals surface area contributed by atoms with E-state index < -0.39 is 0 Å². The lowest BCUT2D eigenvalue weighted by atomic mass is 9.87. The summed E-state index contributed by atoms with van der Waals surface area (Å²) in [4.78, 5) is 2.46. The first-order valence-electron chi connectivity index (χ1n) is 22.8. The average Bonchev–Trinajstić information content (AvgIpc) is 3.73. The fourth-order valence-electron chi connectivity index (χ4n) is 11.2. The number of para-hydroxylation sites is 2. The summed E-state index contributed by atoms with van der Waals surface area (Å²) >= 11 is 0. The van der Waals surface area contributed by atoms with Crippen molar-refractivity contribution < 1.29 is 0 Å². The minimum Gasteiger partial charge on any atom is -0.310 e. The Morgan fingerprint density at radius 2 is 0.773 bits per heavy atom. The molecular weight excluding hydrogens is 797 g/mol. The Morgan fingerprint density at radius 1 is 0.258 bits per heavy atom. The molecule has 13 aromatic carbocycles. The molecule has 306 valence electrons. The number of aromatic nitrogens is 1. The zero-order chi connectivity index (χ0) is 43.3. The summed E-state index contributed by atoms with van der Waals surface area (Å²) in [5.74, 6) is 0. The quantitative estimate of drug-likeness (QED) is 0.152. The van der Waals surface area contributed by atoms with Crippen molar-refractivity contribution in [3.8, 4) is 27.9 Å². The van der Waals surface area contributed by atoms with Gasteiger partial charge in [0.25, 0.3) is 0 Å². The molecule has 2 nitrogen and oxygen atoms in total. The topological polar surface area (TPSA) is 8.17 Å². The SMILES string of the molecule is c1ccc(-c2ccc(N(c3cccc(-c4cccc5c4c4ccccc4n5-c4ccccc4)c3)c3cc4ccc5cccc6c7cccc8ccc9cccc(c(c3)c4c56)c9c87)cc2)cc1. The monoisotopic (exact) mass is 836 g/mol. The van der Waals surface area contributed by atoms with Crippen LogP contribution in [0.15, 0.2) is 243 Å². The lowest BCUT2D eigenvalue weighted by Gasteiger charge is -2.27. The molecule has 2 heteroatoms. The Labute approximate surface area is 381 Å². The normalized spacial score (nSPS) is 11.9. The van der Waals surface area contributed by atoms with Gasteiger partial charge in [-0.05, 0) is 148 Å². The van der Waals surface area contributed by atoms with Gasteiger partial charge in [0.2, 0.25) is 0 Å². The number of hydrogen-bond acceptors (Lipinski definition) is 1. The predicted octanol–water partition coefficient (Wildman–Crippen LogP) is 17.9. The second-order valence-corrected chi connectivity index (χ2v) is 17.6. The molecule has 0 saturated heterocycles. The molecule has 0 atom stereocenters. The van der Waals surface area contributed by atoms with Gasteiger partial charge in [-0.2, -0.15) is 0 Å². The summed E-state index contributed by atoms with van der Waals surface area (Å²) in [6, 6.07) is 89.8. The fraction of sp³-hybridized carbons (Fsp3) is 0. The fourth-order valence-corrected chi connectivity index (χ4v) is 11.2. The third kappa shape index (κ3) is 5.49. The highest BCUT2D eigenvalue weighted by Gasteiger charge is 2.21. The summed E-state index contributed by atoms with van der Waals surface area (Å²) in [6.07, 6.45) is 0. The van der Waals surface area contributed by atoms with Crippen LogP contribution in [0.25, 0.3) is 114 Å². The predicted molar refractivity (Wildman–Crippen MR) is 283 cm³/mol. The van der Waals surface area contributed by atoms with Gasteiger partial charge in [0.15, 0.2) is 0 Å². The lowest BCUT2D eigenvalue weighted by Crippen LogP contribution is -2.10. The van der Waals surface area contributed by atoms with Crippen LogP contribution in [0.1, 0.15) is 0 Å². The van der Waals surface area contributed by atoms with Gasteiger partial charge in [0.05, 0.1) is 11.0 Å². The summed E-state index contributed by atoms with van der Waals surface area (Å²) < 4.78 is 2.40. The first-order valence-corrected chi connectivity index (χ1v) is 22.8. The zero-order valence-corrected chi connectivity index (χ0v) is 36.0. The molecular formula is C64H40N2. The first-order chi connectivity index (χ1) is 32.7. The molecule has 66 heavy (non-hydrogen) atoms. The van der Waals surface area contributed by atoms with Gasteiger partial charge in [-0.1, -0.05) is 182 Å². The van der Waals surface area contributed by atoms with Crippen LogP contribution in [0.4, 0.5) is 17.1 Å². The second-order valence-electron chi connectivity index (χ2n) is 17.6. The molecule has 0 fully saturated rings. The molecule has 0 unspecified atom stereocenters. The molecule has 14 rings (SSSR count). The molecule has 0 N–H and O–H groups in total. The first kappa shape index (κ1) is 36.7. The Hall–Kier alpha value is -8.72. The van der Waals surface area contributed by atoms with Crippen LogP contribution in [0.5, 0.6) is 0 Å². The van der Waals surface area contributed by atoms with E-state index in [0.717, 1.165) is 22.7 Å². The van der Waals surface area contributed by atoms with E-state index in [1.165, 1.54) is 109 Å². The van der Waals surface area contributed by atoms with Crippen molar-refractivity contribution in [2.24, 2.45) is 0 Å². The lowest BCUT2D eigenvalue weighted by molar-refractivity contribution is 1.18. The molecule has 14 aromatic rings. The van der Waals surface area contributed by atoms with Crippen LogP contribution in [-0.4, -0.2) is 4.57 Å². The van der Waals surface area contributed by atoms with Crippen molar-refractivity contribution >= 4 is 104 Å². The highest BCUT2D eigenvalue weighted by molar-refractivity contribution is 6.37. The van der Waals surface area contributed by atoms with Crippen molar-refractivity contribution in [2.75, 3.05) is 4.90 Å². The molecule has 0 radical (unpaired) electrons. The number of anilines is 3. The zero-order valence-electron chi connectivity index (χ0n) is 36.0. The smallest absolute Gasteiger partial charge is 0.0547 e. The molecule has 0 saturated carbocycles. The van der Waals surface area contributed by atoms with Crippen LogP contribution < -0.4 is 4.90 Å². The summed E-state index contributed by atoms with van der Waals surface area (Å²) in [5.41, 5.74) is 11.6. The Balaban J connectivity index is 1.06. The summed E-state index contributed by atoms with van der Waals surface area (Å²) in [6.45, 7) is 0.